The van der Waals surface area contributed by atoms with Crippen molar-refractivity contribution in [3.8, 4) is 0 Å². The Hall–Kier alpha value is -1.39. The van der Waals surface area contributed by atoms with Gasteiger partial charge in [0, 0.05) is 26.2 Å². The highest BCUT2D eigenvalue weighted by Crippen LogP contribution is 2.23. The predicted molar refractivity (Wildman–Crippen MR) is 70.7 cm³/mol. The molecule has 0 amide bonds. The summed E-state index contributed by atoms with van der Waals surface area (Å²) in [6.45, 7) is 7.34. The maximum absolute atomic E-state index is 11.5. The summed E-state index contributed by atoms with van der Waals surface area (Å²) in [7, 11) is 0. The van der Waals surface area contributed by atoms with Gasteiger partial charge in [0.25, 0.3) is 0 Å². The molecule has 1 saturated heterocycles. The van der Waals surface area contributed by atoms with Crippen LogP contribution in [0, 0.1) is 13.8 Å². The zero-order chi connectivity index (χ0) is 13.1. The Kier molecular flexibility index (Phi) is 3.99. The Morgan fingerprint density at radius 3 is 2.50 bits per heavy atom. The van der Waals surface area contributed by atoms with Crippen molar-refractivity contribution in [1.82, 2.24) is 10.2 Å². The molecule has 1 heterocycles. The molecule has 1 aromatic rings. The number of nitrogens with one attached hydrogen (secondary N) is 1. The summed E-state index contributed by atoms with van der Waals surface area (Å²) in [4.78, 5) is 13.6. The van der Waals surface area contributed by atoms with Crippen molar-refractivity contribution in [2.24, 2.45) is 0 Å². The van der Waals surface area contributed by atoms with Gasteiger partial charge in [0.05, 0.1) is 0 Å². The van der Waals surface area contributed by atoms with Gasteiger partial charge in [-0.2, -0.15) is 0 Å². The van der Waals surface area contributed by atoms with Crippen LogP contribution in [-0.4, -0.2) is 42.2 Å². The van der Waals surface area contributed by atoms with E-state index in [1.807, 2.05) is 36.9 Å². The van der Waals surface area contributed by atoms with E-state index in [1.165, 1.54) is 5.56 Å². The first kappa shape index (κ1) is 13.1. The Morgan fingerprint density at radius 2 is 1.94 bits per heavy atom. The van der Waals surface area contributed by atoms with Crippen LogP contribution in [0.2, 0.25) is 0 Å². The Balaban J connectivity index is 2.28. The SMILES string of the molecule is Cc1ccc(C(C(=O)O)N2CCNCC2)cc1C. The maximum atomic E-state index is 11.5. The first-order chi connectivity index (χ1) is 8.59. The number of carboxylic acids is 1. The Morgan fingerprint density at radius 1 is 1.28 bits per heavy atom. The minimum atomic E-state index is -0.764. The van der Waals surface area contributed by atoms with E-state index in [0.29, 0.717) is 0 Å². The summed E-state index contributed by atoms with van der Waals surface area (Å²) >= 11 is 0. The van der Waals surface area contributed by atoms with Gasteiger partial charge in [-0.25, -0.2) is 0 Å². The second-order valence-corrected chi connectivity index (χ2v) is 4.87. The van der Waals surface area contributed by atoms with Crippen LogP contribution in [0.1, 0.15) is 22.7 Å². The van der Waals surface area contributed by atoms with E-state index in [2.05, 4.69) is 5.32 Å². The topological polar surface area (TPSA) is 52.6 Å². The van der Waals surface area contributed by atoms with E-state index in [0.717, 1.165) is 37.3 Å². The lowest BCUT2D eigenvalue weighted by molar-refractivity contribution is -0.143. The lowest BCUT2D eigenvalue weighted by Gasteiger charge is -2.32. The zero-order valence-electron chi connectivity index (χ0n) is 10.9. The van der Waals surface area contributed by atoms with Crippen LogP contribution in [-0.2, 0) is 4.79 Å². The number of aryl methyl sites for hydroxylation is 2. The maximum Gasteiger partial charge on any atom is 0.325 e. The number of aliphatic carboxylic acids is 1. The summed E-state index contributed by atoms with van der Waals surface area (Å²) in [5, 5.41) is 12.7. The molecule has 4 nitrogen and oxygen atoms in total. The van der Waals surface area contributed by atoms with Crippen LogP contribution in [0.15, 0.2) is 18.2 Å². The van der Waals surface area contributed by atoms with E-state index >= 15 is 0 Å². The minimum Gasteiger partial charge on any atom is -0.480 e. The number of hydrogen-bond donors (Lipinski definition) is 2. The highest BCUT2D eigenvalue weighted by atomic mass is 16.4. The highest BCUT2D eigenvalue weighted by Gasteiger charge is 2.28. The molecule has 1 unspecified atom stereocenters. The van der Waals surface area contributed by atoms with Gasteiger partial charge in [-0.05, 0) is 30.5 Å². The number of benzene rings is 1. The largest absolute Gasteiger partial charge is 0.480 e. The molecule has 0 saturated carbocycles. The molecule has 2 rings (SSSR count). The molecule has 1 aliphatic rings. The second kappa shape index (κ2) is 5.50. The molecule has 1 aromatic carbocycles. The van der Waals surface area contributed by atoms with Crippen LogP contribution < -0.4 is 5.32 Å². The molecule has 2 N–H and O–H groups in total. The average Bonchev–Trinajstić information content (AvgIpc) is 2.35. The van der Waals surface area contributed by atoms with Crippen molar-refractivity contribution in [3.05, 3.63) is 34.9 Å². The van der Waals surface area contributed by atoms with Crippen molar-refractivity contribution < 1.29 is 9.90 Å². The molecule has 0 aromatic heterocycles. The average molecular weight is 248 g/mol. The molecule has 0 bridgehead atoms. The molecular formula is C14H20N2O2. The predicted octanol–water partition coefficient (Wildman–Crippen LogP) is 1.33. The first-order valence-electron chi connectivity index (χ1n) is 6.34. The van der Waals surface area contributed by atoms with Gasteiger partial charge >= 0.3 is 5.97 Å². The van der Waals surface area contributed by atoms with Gasteiger partial charge < -0.3 is 10.4 Å². The second-order valence-electron chi connectivity index (χ2n) is 4.87. The number of piperazine rings is 1. The van der Waals surface area contributed by atoms with Gasteiger partial charge in [0.2, 0.25) is 0 Å². The van der Waals surface area contributed by atoms with E-state index < -0.39 is 12.0 Å². The molecule has 0 radical (unpaired) electrons. The summed E-state index contributed by atoms with van der Waals surface area (Å²) in [6.07, 6.45) is 0. The molecule has 98 valence electrons. The fourth-order valence-electron chi connectivity index (χ4n) is 2.38. The van der Waals surface area contributed by atoms with Crippen LogP contribution in [0.3, 0.4) is 0 Å². The fourth-order valence-corrected chi connectivity index (χ4v) is 2.38. The lowest BCUT2D eigenvalue weighted by atomic mass is 9.99. The number of rotatable bonds is 3. The number of carboxylic acid groups (broad SMARTS) is 1. The molecule has 1 aliphatic heterocycles. The quantitative estimate of drug-likeness (QED) is 0.847. The normalized spacial score (nSPS) is 18.6. The minimum absolute atomic E-state index is 0.522. The summed E-state index contributed by atoms with van der Waals surface area (Å²) in [5.74, 6) is -0.764. The van der Waals surface area contributed by atoms with E-state index in [9.17, 15) is 9.90 Å². The third-order valence-corrected chi connectivity index (χ3v) is 3.60. The Bertz CT molecular complexity index is 439. The third kappa shape index (κ3) is 2.71. The van der Waals surface area contributed by atoms with Crippen molar-refractivity contribution in [2.45, 2.75) is 19.9 Å². The summed E-state index contributed by atoms with van der Waals surface area (Å²) in [5.41, 5.74) is 3.23. The van der Waals surface area contributed by atoms with Gasteiger partial charge in [-0.3, -0.25) is 9.69 Å². The van der Waals surface area contributed by atoms with Gasteiger partial charge in [-0.1, -0.05) is 18.2 Å². The molecule has 1 atom stereocenters. The van der Waals surface area contributed by atoms with Crippen LogP contribution >= 0.6 is 0 Å². The molecule has 1 fully saturated rings. The van der Waals surface area contributed by atoms with Gasteiger partial charge in [0.15, 0.2) is 0 Å². The van der Waals surface area contributed by atoms with E-state index in [1.54, 1.807) is 0 Å². The van der Waals surface area contributed by atoms with Crippen LogP contribution in [0.5, 0.6) is 0 Å². The van der Waals surface area contributed by atoms with Crippen molar-refractivity contribution in [2.75, 3.05) is 26.2 Å². The van der Waals surface area contributed by atoms with E-state index in [-0.39, 0.29) is 0 Å². The highest BCUT2D eigenvalue weighted by molar-refractivity contribution is 5.75. The van der Waals surface area contributed by atoms with Crippen LogP contribution in [0.4, 0.5) is 0 Å². The monoisotopic (exact) mass is 248 g/mol. The zero-order valence-corrected chi connectivity index (χ0v) is 10.9. The third-order valence-electron chi connectivity index (χ3n) is 3.60. The lowest BCUT2D eigenvalue weighted by Crippen LogP contribution is -2.47. The standard InChI is InChI=1S/C14H20N2O2/c1-10-3-4-12(9-11(10)2)13(14(17)18)16-7-5-15-6-8-16/h3-4,9,13,15H,5-8H2,1-2H3,(H,17,18). The summed E-state index contributed by atoms with van der Waals surface area (Å²) < 4.78 is 0. The smallest absolute Gasteiger partial charge is 0.325 e. The summed E-state index contributed by atoms with van der Waals surface area (Å²) in [6, 6.07) is 5.41. The van der Waals surface area contributed by atoms with Crippen LogP contribution in [0.25, 0.3) is 0 Å². The molecule has 18 heavy (non-hydrogen) atoms. The number of nitrogens with zero attached hydrogens (tertiary/aromatic N) is 1. The number of carbonyl (C=O) groups is 1. The molecular weight excluding hydrogens is 228 g/mol. The first-order valence-corrected chi connectivity index (χ1v) is 6.34. The van der Waals surface area contributed by atoms with Crippen molar-refractivity contribution in [3.63, 3.8) is 0 Å². The Labute approximate surface area is 108 Å². The van der Waals surface area contributed by atoms with Crippen molar-refractivity contribution in [1.29, 1.82) is 0 Å². The fraction of sp³-hybridized carbons (Fsp3) is 0.500. The van der Waals surface area contributed by atoms with Crippen molar-refractivity contribution >= 4 is 5.97 Å². The van der Waals surface area contributed by atoms with Gasteiger partial charge in [0.1, 0.15) is 6.04 Å². The molecule has 0 spiro atoms. The molecule has 4 heteroatoms. The number of hydrogen-bond acceptors (Lipinski definition) is 3. The van der Waals surface area contributed by atoms with E-state index in [4.69, 9.17) is 0 Å². The molecule has 0 aliphatic carbocycles. The van der Waals surface area contributed by atoms with Gasteiger partial charge in [-0.15, -0.1) is 0 Å².